The zero-order valence-corrected chi connectivity index (χ0v) is 20.9. The van der Waals surface area contributed by atoms with E-state index in [1.54, 1.807) is 20.3 Å². The molecule has 185 valence electrons. The number of rotatable bonds is 9. The molecule has 0 spiro atoms. The molecule has 3 rings (SSSR count). The summed E-state index contributed by atoms with van der Waals surface area (Å²) in [6.45, 7) is 6.03. The van der Waals surface area contributed by atoms with Crippen LogP contribution in [0.15, 0.2) is 54.6 Å². The minimum absolute atomic E-state index is 0.0471. The summed E-state index contributed by atoms with van der Waals surface area (Å²) in [4.78, 5) is 24.3. The van der Waals surface area contributed by atoms with Gasteiger partial charge in [0.05, 0.1) is 20.6 Å². The Hall–Kier alpha value is -3.74. The van der Waals surface area contributed by atoms with Crippen LogP contribution in [-0.4, -0.2) is 38.4 Å². The Morgan fingerprint density at radius 3 is 2.31 bits per heavy atom. The Balaban J connectivity index is 1.48. The van der Waals surface area contributed by atoms with Crippen LogP contribution in [0.1, 0.15) is 38.3 Å². The van der Waals surface area contributed by atoms with Crippen molar-refractivity contribution < 1.29 is 23.8 Å². The number of nitrogens with one attached hydrogen (secondary N) is 2. The maximum atomic E-state index is 12.3. The van der Waals surface area contributed by atoms with Crippen molar-refractivity contribution in [1.82, 2.24) is 5.32 Å². The van der Waals surface area contributed by atoms with E-state index < -0.39 is 11.7 Å². The molecular formula is C28H33N2O5. The molecule has 0 aliphatic rings. The maximum absolute atomic E-state index is 12.3. The summed E-state index contributed by atoms with van der Waals surface area (Å²) in [6, 6.07) is 17.3. The monoisotopic (exact) mass is 477 g/mol. The normalized spacial score (nSPS) is 11.1. The molecule has 0 heterocycles. The van der Waals surface area contributed by atoms with E-state index in [0.717, 1.165) is 21.9 Å². The first-order valence-corrected chi connectivity index (χ1v) is 11.5. The van der Waals surface area contributed by atoms with Crippen LogP contribution in [0.3, 0.4) is 0 Å². The minimum atomic E-state index is -0.547. The van der Waals surface area contributed by atoms with Crippen molar-refractivity contribution in [3.8, 4) is 11.5 Å². The van der Waals surface area contributed by atoms with Gasteiger partial charge in [0, 0.05) is 12.2 Å². The van der Waals surface area contributed by atoms with E-state index in [-0.39, 0.29) is 12.3 Å². The van der Waals surface area contributed by atoms with Crippen molar-refractivity contribution in [2.24, 2.45) is 0 Å². The lowest BCUT2D eigenvalue weighted by Crippen LogP contribution is -2.27. The van der Waals surface area contributed by atoms with Crippen LogP contribution in [0.5, 0.6) is 11.5 Å². The van der Waals surface area contributed by atoms with Gasteiger partial charge in [-0.05, 0) is 79.8 Å². The molecule has 0 atom stereocenters. The van der Waals surface area contributed by atoms with E-state index in [9.17, 15) is 9.59 Å². The number of benzene rings is 3. The number of methoxy groups -OCH3 is 2. The summed E-state index contributed by atoms with van der Waals surface area (Å²) in [5, 5.41) is 7.79. The number of carbonyl (C=O) groups excluding carboxylic acids is 2. The summed E-state index contributed by atoms with van der Waals surface area (Å²) in [7, 11) is 3.15. The molecule has 0 aliphatic heterocycles. The Kier molecular flexibility index (Phi) is 8.58. The SMILES string of the molecule is COc1ccc(CC(=O)NCC[CH]c2ccc3cc(NC(=O)OC(C)(C)C)ccc3c2)cc1OC. The highest BCUT2D eigenvalue weighted by Crippen LogP contribution is 2.27. The van der Waals surface area contributed by atoms with Crippen molar-refractivity contribution in [3.63, 3.8) is 0 Å². The smallest absolute Gasteiger partial charge is 0.412 e. The maximum Gasteiger partial charge on any atom is 0.412 e. The van der Waals surface area contributed by atoms with E-state index >= 15 is 0 Å². The van der Waals surface area contributed by atoms with Crippen molar-refractivity contribution in [1.29, 1.82) is 0 Å². The predicted octanol–water partition coefficient (Wildman–Crippen LogP) is 5.51. The molecule has 2 N–H and O–H groups in total. The van der Waals surface area contributed by atoms with E-state index in [2.05, 4.69) is 23.1 Å². The first kappa shape index (κ1) is 25.9. The van der Waals surface area contributed by atoms with E-state index in [4.69, 9.17) is 14.2 Å². The molecule has 0 unspecified atom stereocenters. The van der Waals surface area contributed by atoms with Gasteiger partial charge in [0.1, 0.15) is 5.60 Å². The molecule has 0 bridgehead atoms. The third-order valence-electron chi connectivity index (χ3n) is 5.17. The molecule has 7 heteroatoms. The van der Waals surface area contributed by atoms with Crippen molar-refractivity contribution in [2.75, 3.05) is 26.1 Å². The molecule has 0 fully saturated rings. The molecule has 35 heavy (non-hydrogen) atoms. The average molecular weight is 478 g/mol. The van der Waals surface area contributed by atoms with Gasteiger partial charge in [-0.3, -0.25) is 10.1 Å². The Labute approximate surface area is 206 Å². The van der Waals surface area contributed by atoms with E-state index in [1.165, 1.54) is 0 Å². The van der Waals surface area contributed by atoms with Crippen LogP contribution < -0.4 is 20.1 Å². The van der Waals surface area contributed by atoms with Gasteiger partial charge in [-0.15, -0.1) is 0 Å². The van der Waals surface area contributed by atoms with E-state index in [1.807, 2.05) is 63.2 Å². The van der Waals surface area contributed by atoms with Gasteiger partial charge in [-0.1, -0.05) is 30.3 Å². The lowest BCUT2D eigenvalue weighted by Gasteiger charge is -2.19. The first-order chi connectivity index (χ1) is 16.7. The highest BCUT2D eigenvalue weighted by atomic mass is 16.6. The summed E-state index contributed by atoms with van der Waals surface area (Å²) < 4.78 is 15.8. The first-order valence-electron chi connectivity index (χ1n) is 11.5. The number of carbonyl (C=O) groups is 2. The predicted molar refractivity (Wildman–Crippen MR) is 138 cm³/mol. The second-order valence-corrected chi connectivity index (χ2v) is 9.16. The van der Waals surface area contributed by atoms with Crippen LogP contribution in [0.4, 0.5) is 10.5 Å². The molecule has 0 saturated carbocycles. The van der Waals surface area contributed by atoms with Gasteiger partial charge in [-0.25, -0.2) is 4.79 Å². The van der Waals surface area contributed by atoms with Gasteiger partial charge < -0.3 is 19.5 Å². The summed E-state index contributed by atoms with van der Waals surface area (Å²) in [5.74, 6) is 1.20. The fourth-order valence-corrected chi connectivity index (χ4v) is 3.58. The molecule has 7 nitrogen and oxygen atoms in total. The summed E-state index contributed by atoms with van der Waals surface area (Å²) in [6.07, 6.45) is 2.59. The van der Waals surface area contributed by atoms with Crippen LogP contribution in [0.2, 0.25) is 0 Å². The highest BCUT2D eigenvalue weighted by Gasteiger charge is 2.16. The second-order valence-electron chi connectivity index (χ2n) is 9.16. The summed E-state index contributed by atoms with van der Waals surface area (Å²) in [5.41, 5.74) is 2.06. The van der Waals surface area contributed by atoms with Crippen molar-refractivity contribution in [2.45, 2.75) is 39.2 Å². The number of hydrogen-bond acceptors (Lipinski definition) is 5. The standard InChI is InChI=1S/C28H33N2O5/c1-28(2,3)35-27(32)30-23-12-11-21-15-19(8-10-22(21)18-23)7-6-14-29-26(31)17-20-9-13-24(33-4)25(16-20)34-5/h7-13,15-16,18H,6,14,17H2,1-5H3,(H,29,31)(H,30,32). The van der Waals surface area contributed by atoms with Gasteiger partial charge in [0.15, 0.2) is 11.5 Å². The quantitative estimate of drug-likeness (QED) is 0.397. The number of amides is 2. The number of fused-ring (bicyclic) bond motifs is 1. The molecular weight excluding hydrogens is 444 g/mol. The topological polar surface area (TPSA) is 85.9 Å². The summed E-state index contributed by atoms with van der Waals surface area (Å²) >= 11 is 0. The number of ether oxygens (including phenoxy) is 3. The molecule has 2 amide bonds. The molecule has 0 saturated heterocycles. The van der Waals surface area contributed by atoms with Crippen molar-refractivity contribution in [3.05, 3.63) is 72.1 Å². The van der Waals surface area contributed by atoms with Gasteiger partial charge >= 0.3 is 6.09 Å². The van der Waals surface area contributed by atoms with Crippen LogP contribution >= 0.6 is 0 Å². The number of hydrogen-bond donors (Lipinski definition) is 2. The molecule has 3 aromatic rings. The van der Waals surface area contributed by atoms with Gasteiger partial charge in [0.2, 0.25) is 5.91 Å². The van der Waals surface area contributed by atoms with Gasteiger partial charge in [-0.2, -0.15) is 0 Å². The lowest BCUT2D eigenvalue weighted by atomic mass is 10.0. The lowest BCUT2D eigenvalue weighted by molar-refractivity contribution is -0.120. The largest absolute Gasteiger partial charge is 0.493 e. The zero-order chi connectivity index (χ0) is 25.4. The Morgan fingerprint density at radius 1 is 0.886 bits per heavy atom. The molecule has 3 aromatic carbocycles. The van der Waals surface area contributed by atoms with Gasteiger partial charge in [0.25, 0.3) is 0 Å². The average Bonchev–Trinajstić information content (AvgIpc) is 2.80. The molecule has 0 aliphatic carbocycles. The third kappa shape index (κ3) is 7.91. The van der Waals surface area contributed by atoms with E-state index in [0.29, 0.717) is 30.2 Å². The van der Waals surface area contributed by atoms with Crippen LogP contribution in [0, 0.1) is 6.42 Å². The fraction of sp³-hybridized carbons (Fsp3) is 0.321. The fourth-order valence-electron chi connectivity index (χ4n) is 3.58. The Bertz CT molecular complexity index is 1180. The zero-order valence-electron chi connectivity index (χ0n) is 20.9. The van der Waals surface area contributed by atoms with Crippen LogP contribution in [0.25, 0.3) is 10.8 Å². The minimum Gasteiger partial charge on any atom is -0.493 e. The third-order valence-corrected chi connectivity index (χ3v) is 5.17. The Morgan fingerprint density at radius 2 is 1.60 bits per heavy atom. The molecule has 0 aromatic heterocycles. The number of anilines is 1. The second kappa shape index (κ2) is 11.6. The molecule has 1 radical (unpaired) electrons. The highest BCUT2D eigenvalue weighted by molar-refractivity contribution is 5.91. The van der Waals surface area contributed by atoms with Crippen molar-refractivity contribution >= 4 is 28.5 Å². The van der Waals surface area contributed by atoms with Crippen LogP contribution in [-0.2, 0) is 16.0 Å².